The molecule has 1 nitrogen and oxygen atoms in total. The van der Waals surface area contributed by atoms with E-state index >= 15 is 0 Å². The van der Waals surface area contributed by atoms with E-state index in [9.17, 15) is 0 Å². The molecule has 0 amide bonds. The topological polar surface area (TPSA) is 12.0 Å². The summed E-state index contributed by atoms with van der Waals surface area (Å²) in [6, 6.07) is 4.99. The lowest BCUT2D eigenvalue weighted by Crippen LogP contribution is -2.27. The maximum absolute atomic E-state index is 3.59. The second-order valence-electron chi connectivity index (χ2n) is 4.13. The van der Waals surface area contributed by atoms with Crippen molar-refractivity contribution in [3.63, 3.8) is 0 Å². The summed E-state index contributed by atoms with van der Waals surface area (Å²) in [5, 5.41) is 5.73. The van der Waals surface area contributed by atoms with Gasteiger partial charge in [-0.2, -0.15) is 0 Å². The molecular weight excluding hydrogens is 234 g/mol. The van der Waals surface area contributed by atoms with E-state index in [2.05, 4.69) is 36.7 Å². The number of thiophene rings is 1. The fraction of sp³-hybridized carbons (Fsp3) is 0.692. The van der Waals surface area contributed by atoms with Crippen LogP contribution in [-0.4, -0.2) is 18.3 Å². The zero-order valence-electron chi connectivity index (χ0n) is 10.4. The molecule has 92 valence electrons. The number of thioether (sulfide) groups is 1. The standard InChI is InChI=1S/C13H23NS2/c1-3-4-5-7-12(2)14-9-11-16-13-8-6-10-15-13/h6,8,10,12,14H,3-5,7,9,11H2,1-2H3. The highest BCUT2D eigenvalue weighted by atomic mass is 32.2. The minimum absolute atomic E-state index is 0.676. The van der Waals surface area contributed by atoms with Gasteiger partial charge in [0.2, 0.25) is 0 Å². The van der Waals surface area contributed by atoms with Crippen LogP contribution in [0.3, 0.4) is 0 Å². The fourth-order valence-electron chi connectivity index (χ4n) is 1.61. The number of hydrogen-bond acceptors (Lipinski definition) is 3. The van der Waals surface area contributed by atoms with Gasteiger partial charge in [-0.15, -0.1) is 23.1 Å². The van der Waals surface area contributed by atoms with Crippen molar-refractivity contribution in [3.05, 3.63) is 17.5 Å². The van der Waals surface area contributed by atoms with Crippen LogP contribution in [0.15, 0.2) is 21.7 Å². The number of hydrogen-bond donors (Lipinski definition) is 1. The van der Waals surface area contributed by atoms with Gasteiger partial charge in [0.1, 0.15) is 0 Å². The third kappa shape index (κ3) is 6.56. The molecule has 0 saturated carbocycles. The molecule has 0 aliphatic rings. The maximum atomic E-state index is 3.59. The largest absolute Gasteiger partial charge is 0.313 e. The summed E-state index contributed by atoms with van der Waals surface area (Å²) in [6.07, 6.45) is 5.37. The molecule has 1 rings (SSSR count). The number of rotatable bonds is 9. The van der Waals surface area contributed by atoms with Crippen molar-refractivity contribution in [2.45, 2.75) is 49.8 Å². The van der Waals surface area contributed by atoms with Crippen LogP contribution in [-0.2, 0) is 0 Å². The molecule has 0 bridgehead atoms. The lowest BCUT2D eigenvalue weighted by molar-refractivity contribution is 0.502. The Labute approximate surface area is 108 Å². The van der Waals surface area contributed by atoms with Gasteiger partial charge in [-0.25, -0.2) is 0 Å². The molecule has 1 N–H and O–H groups in total. The van der Waals surface area contributed by atoms with Crippen molar-refractivity contribution in [1.82, 2.24) is 5.32 Å². The monoisotopic (exact) mass is 257 g/mol. The summed E-state index contributed by atoms with van der Waals surface area (Å²) >= 11 is 3.79. The van der Waals surface area contributed by atoms with Crippen LogP contribution in [0.4, 0.5) is 0 Å². The van der Waals surface area contributed by atoms with E-state index in [1.54, 1.807) is 0 Å². The highest BCUT2D eigenvalue weighted by molar-refractivity contribution is 8.01. The van der Waals surface area contributed by atoms with E-state index in [1.807, 2.05) is 23.1 Å². The summed E-state index contributed by atoms with van der Waals surface area (Å²) in [5.74, 6) is 1.18. The molecule has 0 aliphatic carbocycles. The predicted octanol–water partition coefficient (Wildman–Crippen LogP) is 4.40. The third-order valence-corrected chi connectivity index (χ3v) is 4.71. The van der Waals surface area contributed by atoms with Crippen molar-refractivity contribution in [1.29, 1.82) is 0 Å². The van der Waals surface area contributed by atoms with E-state index in [1.165, 1.54) is 35.6 Å². The Morgan fingerprint density at radius 3 is 3.00 bits per heavy atom. The van der Waals surface area contributed by atoms with Crippen molar-refractivity contribution in [3.8, 4) is 0 Å². The van der Waals surface area contributed by atoms with Gasteiger partial charge in [-0.1, -0.05) is 32.3 Å². The average Bonchev–Trinajstić information content (AvgIpc) is 2.78. The molecule has 0 aromatic carbocycles. The summed E-state index contributed by atoms with van der Waals surface area (Å²) in [7, 11) is 0. The highest BCUT2D eigenvalue weighted by Gasteiger charge is 2.00. The molecule has 1 atom stereocenters. The predicted molar refractivity (Wildman–Crippen MR) is 76.6 cm³/mol. The Hall–Kier alpha value is 0.01000. The smallest absolute Gasteiger partial charge is 0.0598 e. The second kappa shape index (κ2) is 9.08. The van der Waals surface area contributed by atoms with Gasteiger partial charge in [-0.3, -0.25) is 0 Å². The van der Waals surface area contributed by atoms with E-state index < -0.39 is 0 Å². The molecule has 1 aromatic rings. The molecule has 0 radical (unpaired) electrons. The SMILES string of the molecule is CCCCCC(C)NCCSc1cccs1. The minimum Gasteiger partial charge on any atom is -0.313 e. The van der Waals surface area contributed by atoms with E-state index in [-0.39, 0.29) is 0 Å². The fourth-order valence-corrected chi connectivity index (χ4v) is 3.34. The van der Waals surface area contributed by atoms with Crippen LogP contribution in [0, 0.1) is 0 Å². The number of nitrogens with one attached hydrogen (secondary N) is 1. The van der Waals surface area contributed by atoms with Crippen LogP contribution in [0.5, 0.6) is 0 Å². The molecule has 0 fully saturated rings. The normalized spacial score (nSPS) is 12.9. The lowest BCUT2D eigenvalue weighted by Gasteiger charge is -2.12. The Morgan fingerprint density at radius 1 is 1.44 bits per heavy atom. The third-order valence-electron chi connectivity index (χ3n) is 2.57. The van der Waals surface area contributed by atoms with Gasteiger partial charge in [0.15, 0.2) is 0 Å². The molecule has 0 aliphatic heterocycles. The molecule has 1 aromatic heterocycles. The van der Waals surface area contributed by atoms with Crippen LogP contribution in [0.1, 0.15) is 39.5 Å². The van der Waals surface area contributed by atoms with Crippen LogP contribution < -0.4 is 5.32 Å². The number of unbranched alkanes of at least 4 members (excludes halogenated alkanes) is 2. The first-order valence-electron chi connectivity index (χ1n) is 6.22. The van der Waals surface area contributed by atoms with Crippen molar-refractivity contribution in [2.75, 3.05) is 12.3 Å². The van der Waals surface area contributed by atoms with Gasteiger partial charge in [-0.05, 0) is 24.8 Å². The van der Waals surface area contributed by atoms with Gasteiger partial charge in [0, 0.05) is 18.3 Å². The Balaban J connectivity index is 1.94. The van der Waals surface area contributed by atoms with Gasteiger partial charge in [0.25, 0.3) is 0 Å². The first-order chi connectivity index (χ1) is 7.83. The molecule has 0 spiro atoms. The van der Waals surface area contributed by atoms with E-state index in [0.717, 1.165) is 6.54 Å². The highest BCUT2D eigenvalue weighted by Crippen LogP contribution is 2.22. The quantitative estimate of drug-likeness (QED) is 0.520. The van der Waals surface area contributed by atoms with Gasteiger partial charge < -0.3 is 5.32 Å². The first-order valence-corrected chi connectivity index (χ1v) is 8.09. The van der Waals surface area contributed by atoms with Crippen LogP contribution in [0.2, 0.25) is 0 Å². The molecule has 1 heterocycles. The Kier molecular flexibility index (Phi) is 7.99. The van der Waals surface area contributed by atoms with Gasteiger partial charge in [0.05, 0.1) is 4.21 Å². The maximum Gasteiger partial charge on any atom is 0.0598 e. The zero-order chi connectivity index (χ0) is 11.6. The Bertz CT molecular complexity index is 246. The Morgan fingerprint density at radius 2 is 2.31 bits per heavy atom. The molecule has 3 heteroatoms. The molecule has 0 saturated heterocycles. The van der Waals surface area contributed by atoms with E-state index in [0.29, 0.717) is 6.04 Å². The zero-order valence-corrected chi connectivity index (χ0v) is 12.0. The second-order valence-corrected chi connectivity index (χ2v) is 6.47. The van der Waals surface area contributed by atoms with Crippen molar-refractivity contribution in [2.24, 2.45) is 0 Å². The first kappa shape index (κ1) is 14.1. The molecule has 1 unspecified atom stereocenters. The molecule has 16 heavy (non-hydrogen) atoms. The van der Waals surface area contributed by atoms with Gasteiger partial charge >= 0.3 is 0 Å². The summed E-state index contributed by atoms with van der Waals surface area (Å²) in [4.78, 5) is 0. The van der Waals surface area contributed by atoms with Crippen LogP contribution >= 0.6 is 23.1 Å². The van der Waals surface area contributed by atoms with Crippen molar-refractivity contribution >= 4 is 23.1 Å². The van der Waals surface area contributed by atoms with Crippen LogP contribution in [0.25, 0.3) is 0 Å². The van der Waals surface area contributed by atoms with Crippen molar-refractivity contribution < 1.29 is 0 Å². The summed E-state index contributed by atoms with van der Waals surface area (Å²) in [5.41, 5.74) is 0. The summed E-state index contributed by atoms with van der Waals surface area (Å²) < 4.78 is 1.43. The van der Waals surface area contributed by atoms with E-state index in [4.69, 9.17) is 0 Å². The molecular formula is C13H23NS2. The minimum atomic E-state index is 0.676. The average molecular weight is 257 g/mol. The summed E-state index contributed by atoms with van der Waals surface area (Å²) in [6.45, 7) is 5.68. The lowest BCUT2D eigenvalue weighted by atomic mass is 10.1.